The Kier molecular flexibility index (Phi) is 5.79. The maximum Gasteiger partial charge on any atom is 0.357 e. The van der Waals surface area contributed by atoms with Crippen molar-refractivity contribution in [2.24, 2.45) is 0 Å². The monoisotopic (exact) mass is 413 g/mol. The first-order valence-electron chi connectivity index (χ1n) is 9.58. The highest BCUT2D eigenvalue weighted by Gasteiger charge is 2.19. The molecule has 0 aliphatic rings. The van der Waals surface area contributed by atoms with Crippen LogP contribution < -0.4 is 5.32 Å². The molecule has 0 bridgehead atoms. The Morgan fingerprint density at radius 3 is 2.52 bits per heavy atom. The lowest BCUT2D eigenvalue weighted by atomic mass is 10.1. The van der Waals surface area contributed by atoms with E-state index < -0.39 is 18.5 Å². The summed E-state index contributed by atoms with van der Waals surface area (Å²) in [5.74, 6) is -0.746. The molecule has 0 atom stereocenters. The van der Waals surface area contributed by atoms with E-state index in [2.05, 4.69) is 20.8 Å². The van der Waals surface area contributed by atoms with Gasteiger partial charge in [0.2, 0.25) is 0 Å². The van der Waals surface area contributed by atoms with Crippen molar-refractivity contribution in [1.82, 2.24) is 20.2 Å². The van der Waals surface area contributed by atoms with E-state index in [0.29, 0.717) is 11.5 Å². The smallest absolute Gasteiger partial charge is 0.357 e. The molecule has 0 fully saturated rings. The highest BCUT2D eigenvalue weighted by Crippen LogP contribution is 2.23. The third kappa shape index (κ3) is 4.64. The molecule has 154 valence electrons. The van der Waals surface area contributed by atoms with Crippen LogP contribution in [0.4, 0.5) is 5.69 Å². The first kappa shape index (κ1) is 20.0. The van der Waals surface area contributed by atoms with Crippen molar-refractivity contribution in [2.45, 2.75) is 6.92 Å². The van der Waals surface area contributed by atoms with Crippen molar-refractivity contribution >= 4 is 40.1 Å². The van der Waals surface area contributed by atoms with Gasteiger partial charge in [-0.25, -0.2) is 4.79 Å². The maximum absolute atomic E-state index is 12.8. The van der Waals surface area contributed by atoms with Gasteiger partial charge >= 0.3 is 5.97 Å². The van der Waals surface area contributed by atoms with Gasteiger partial charge in [-0.05, 0) is 40.4 Å². The van der Waals surface area contributed by atoms with Gasteiger partial charge in [0.25, 0.3) is 5.91 Å². The largest absolute Gasteiger partial charge is 0.451 e. The molecule has 4 rings (SSSR count). The number of aromatic nitrogens is 4. The van der Waals surface area contributed by atoms with Crippen LogP contribution in [-0.2, 0) is 14.3 Å². The summed E-state index contributed by atoms with van der Waals surface area (Å²) in [6.07, 6.45) is 1.61. The van der Waals surface area contributed by atoms with Gasteiger partial charge < -0.3 is 10.1 Å². The fraction of sp³-hybridized carbons (Fsp3) is 0.0870. The summed E-state index contributed by atoms with van der Waals surface area (Å²) in [6.45, 7) is 1.22. The number of hydrogen-bond donors (Lipinski definition) is 1. The van der Waals surface area contributed by atoms with Crippen LogP contribution in [-0.4, -0.2) is 38.7 Å². The maximum atomic E-state index is 12.8. The number of ether oxygens (including phenoxy) is 1. The molecule has 0 unspecified atom stereocenters. The molecule has 1 amide bonds. The molecule has 1 heterocycles. The second kappa shape index (κ2) is 9.00. The minimum absolute atomic E-state index is 0.103. The van der Waals surface area contributed by atoms with E-state index >= 15 is 0 Å². The molecule has 0 saturated carbocycles. The number of anilines is 1. The second-order valence-electron chi connectivity index (χ2n) is 6.73. The zero-order chi connectivity index (χ0) is 21.6. The van der Waals surface area contributed by atoms with Gasteiger partial charge in [0.15, 0.2) is 18.1 Å². The average molecular weight is 413 g/mol. The summed E-state index contributed by atoms with van der Waals surface area (Å²) in [4.78, 5) is 25.2. The summed E-state index contributed by atoms with van der Waals surface area (Å²) in [5.41, 5.74) is 1.52. The van der Waals surface area contributed by atoms with Crippen molar-refractivity contribution in [1.29, 1.82) is 0 Å². The number of carbonyl (C=O) groups excluding carboxylic acids is 2. The summed E-state index contributed by atoms with van der Waals surface area (Å²) in [5, 5.41) is 15.9. The molecule has 1 aromatic heterocycles. The van der Waals surface area contributed by atoms with Gasteiger partial charge in [0.05, 0.1) is 0 Å². The molecule has 4 aromatic rings. The lowest BCUT2D eigenvalue weighted by Gasteiger charge is -2.11. The molecular weight excluding hydrogens is 394 g/mol. The summed E-state index contributed by atoms with van der Waals surface area (Å²) >= 11 is 0. The molecule has 31 heavy (non-hydrogen) atoms. The molecule has 3 aromatic carbocycles. The number of esters is 1. The number of amides is 1. The predicted molar refractivity (Wildman–Crippen MR) is 117 cm³/mol. The van der Waals surface area contributed by atoms with Crippen LogP contribution in [0, 0.1) is 6.92 Å². The van der Waals surface area contributed by atoms with Crippen LogP contribution in [0.1, 0.15) is 11.4 Å². The number of rotatable bonds is 6. The van der Waals surface area contributed by atoms with Gasteiger partial charge in [-0.15, -0.1) is 5.10 Å². The summed E-state index contributed by atoms with van der Waals surface area (Å²) < 4.78 is 6.54. The van der Waals surface area contributed by atoms with Crippen LogP contribution in [0.25, 0.3) is 22.5 Å². The van der Waals surface area contributed by atoms with Crippen LogP contribution in [0.2, 0.25) is 0 Å². The number of hydrogen-bond acceptors (Lipinski definition) is 6. The van der Waals surface area contributed by atoms with E-state index in [-0.39, 0.29) is 5.70 Å². The number of aryl methyl sites for hydroxylation is 1. The summed E-state index contributed by atoms with van der Waals surface area (Å²) in [6, 6.07) is 22.5. The predicted octanol–water partition coefficient (Wildman–Crippen LogP) is 3.31. The van der Waals surface area contributed by atoms with Gasteiger partial charge in [0.1, 0.15) is 0 Å². The third-order valence-corrected chi connectivity index (χ3v) is 4.56. The fourth-order valence-corrected chi connectivity index (χ4v) is 3.09. The topological polar surface area (TPSA) is 99.0 Å². The second-order valence-corrected chi connectivity index (χ2v) is 6.73. The van der Waals surface area contributed by atoms with Crippen LogP contribution >= 0.6 is 0 Å². The number of nitrogens with zero attached hydrogens (tertiary/aromatic N) is 4. The first-order chi connectivity index (χ1) is 15.1. The Bertz CT molecular complexity index is 1260. The normalized spacial score (nSPS) is 11.3. The molecule has 0 spiro atoms. The quantitative estimate of drug-likeness (QED) is 0.385. The molecular formula is C23H19N5O3. The first-order valence-corrected chi connectivity index (χ1v) is 9.58. The molecule has 1 N–H and O–H groups in total. The highest BCUT2D eigenvalue weighted by molar-refractivity contribution is 6.16. The van der Waals surface area contributed by atoms with E-state index in [1.807, 2.05) is 66.7 Å². The minimum Gasteiger partial charge on any atom is -0.451 e. The minimum atomic E-state index is -0.715. The Labute approximate surface area is 178 Å². The van der Waals surface area contributed by atoms with Crippen molar-refractivity contribution in [3.63, 3.8) is 0 Å². The zero-order valence-corrected chi connectivity index (χ0v) is 16.7. The number of carbonyl (C=O) groups is 2. The molecule has 0 radical (unpaired) electrons. The van der Waals surface area contributed by atoms with E-state index in [0.717, 1.165) is 16.3 Å². The number of nitrogens with one attached hydrogen (secondary N) is 1. The Morgan fingerprint density at radius 2 is 1.74 bits per heavy atom. The molecule has 0 aliphatic heterocycles. The van der Waals surface area contributed by atoms with E-state index in [1.54, 1.807) is 19.1 Å². The number of benzene rings is 3. The molecule has 8 nitrogen and oxygen atoms in total. The van der Waals surface area contributed by atoms with E-state index in [1.165, 1.54) is 4.68 Å². The Hall–Kier alpha value is -4.33. The van der Waals surface area contributed by atoms with Crippen LogP contribution in [0.15, 0.2) is 72.8 Å². The Balaban J connectivity index is 1.49. The zero-order valence-electron chi connectivity index (χ0n) is 16.7. The number of fused-ring (bicyclic) bond motifs is 1. The van der Waals surface area contributed by atoms with E-state index in [9.17, 15) is 9.59 Å². The standard InChI is InChI=1S/C23H19N5O3/c1-16-25-26-27-28(16)21(14-17-8-3-2-4-9-17)23(30)31-15-22(29)24-20-13-7-11-18-10-5-6-12-19(18)20/h2-14H,15H2,1H3,(H,24,29)/b21-14-. The lowest BCUT2D eigenvalue weighted by Crippen LogP contribution is -2.23. The third-order valence-electron chi connectivity index (χ3n) is 4.56. The van der Waals surface area contributed by atoms with Gasteiger partial charge in [-0.1, -0.05) is 66.7 Å². The van der Waals surface area contributed by atoms with Crippen molar-refractivity contribution < 1.29 is 14.3 Å². The van der Waals surface area contributed by atoms with Crippen LogP contribution in [0.5, 0.6) is 0 Å². The average Bonchev–Trinajstić information content (AvgIpc) is 3.22. The van der Waals surface area contributed by atoms with E-state index in [4.69, 9.17) is 4.74 Å². The van der Waals surface area contributed by atoms with Gasteiger partial charge in [0, 0.05) is 11.1 Å². The molecule has 8 heteroatoms. The number of tetrazole rings is 1. The van der Waals surface area contributed by atoms with Gasteiger partial charge in [-0.3, -0.25) is 4.79 Å². The SMILES string of the molecule is Cc1nnnn1/C(=C\c1ccccc1)C(=O)OCC(=O)Nc1cccc2ccccc12. The highest BCUT2D eigenvalue weighted by atomic mass is 16.5. The van der Waals surface area contributed by atoms with Crippen molar-refractivity contribution in [2.75, 3.05) is 11.9 Å². The fourth-order valence-electron chi connectivity index (χ4n) is 3.09. The van der Waals surface area contributed by atoms with Crippen molar-refractivity contribution in [3.8, 4) is 0 Å². The van der Waals surface area contributed by atoms with Crippen molar-refractivity contribution in [3.05, 3.63) is 84.2 Å². The summed E-state index contributed by atoms with van der Waals surface area (Å²) in [7, 11) is 0. The molecule has 0 aliphatic carbocycles. The Morgan fingerprint density at radius 1 is 1.00 bits per heavy atom. The molecule has 0 saturated heterocycles. The lowest BCUT2D eigenvalue weighted by molar-refractivity contribution is -0.141. The van der Waals surface area contributed by atoms with Crippen LogP contribution in [0.3, 0.4) is 0 Å². The van der Waals surface area contributed by atoms with Gasteiger partial charge in [-0.2, -0.15) is 4.68 Å².